The van der Waals surface area contributed by atoms with Gasteiger partial charge in [0.15, 0.2) is 10.8 Å². The van der Waals surface area contributed by atoms with Crippen molar-refractivity contribution in [1.29, 1.82) is 0 Å². The first-order chi connectivity index (χ1) is 11.0. The lowest BCUT2D eigenvalue weighted by molar-refractivity contribution is 0.102. The molecule has 0 unspecified atom stereocenters. The minimum Gasteiger partial charge on any atom is -0.339 e. The van der Waals surface area contributed by atoms with Gasteiger partial charge in [-0.3, -0.25) is 14.8 Å². The van der Waals surface area contributed by atoms with E-state index in [2.05, 4.69) is 25.7 Å². The largest absolute Gasteiger partial charge is 0.339 e. The zero-order valence-corrected chi connectivity index (χ0v) is 13.8. The van der Waals surface area contributed by atoms with Crippen molar-refractivity contribution in [3.8, 4) is 0 Å². The Bertz CT molecular complexity index is 853. The van der Waals surface area contributed by atoms with Gasteiger partial charge in [-0.2, -0.15) is 5.10 Å². The summed E-state index contributed by atoms with van der Waals surface area (Å²) in [6.45, 7) is 3.78. The van der Waals surface area contributed by atoms with E-state index < -0.39 is 0 Å². The molecule has 0 atom stereocenters. The van der Waals surface area contributed by atoms with Crippen molar-refractivity contribution in [3.63, 3.8) is 0 Å². The van der Waals surface area contributed by atoms with Crippen LogP contribution in [0, 0.1) is 13.8 Å². The topological polar surface area (TPSA) is 84.7 Å². The van der Waals surface area contributed by atoms with Crippen molar-refractivity contribution < 1.29 is 4.79 Å². The van der Waals surface area contributed by atoms with Crippen molar-refractivity contribution >= 4 is 33.9 Å². The van der Waals surface area contributed by atoms with E-state index in [-0.39, 0.29) is 5.91 Å². The summed E-state index contributed by atoms with van der Waals surface area (Å²) in [6.07, 6.45) is 3.40. The summed E-state index contributed by atoms with van der Waals surface area (Å²) < 4.78 is 1.69. The number of hydrogen-bond donors (Lipinski definition) is 2. The summed E-state index contributed by atoms with van der Waals surface area (Å²) in [5.41, 5.74) is 1.70. The average Bonchev–Trinajstić information content (AvgIpc) is 3.10. The normalized spacial score (nSPS) is 10.6. The van der Waals surface area contributed by atoms with E-state index in [9.17, 15) is 4.79 Å². The molecule has 8 heteroatoms. The Labute approximate surface area is 137 Å². The van der Waals surface area contributed by atoms with Crippen LogP contribution in [0.4, 0.5) is 16.6 Å². The third kappa shape index (κ3) is 3.37. The van der Waals surface area contributed by atoms with Gasteiger partial charge in [-0.05, 0) is 26.0 Å². The van der Waals surface area contributed by atoms with Crippen molar-refractivity contribution in [3.05, 3.63) is 46.9 Å². The van der Waals surface area contributed by atoms with E-state index in [0.29, 0.717) is 16.5 Å². The van der Waals surface area contributed by atoms with Crippen LogP contribution in [0.25, 0.3) is 0 Å². The van der Waals surface area contributed by atoms with Crippen LogP contribution in [0.5, 0.6) is 0 Å². The van der Waals surface area contributed by atoms with E-state index in [4.69, 9.17) is 0 Å². The maximum absolute atomic E-state index is 12.5. The molecule has 0 fully saturated rings. The second-order valence-corrected chi connectivity index (χ2v) is 6.28. The first-order valence-electron chi connectivity index (χ1n) is 6.99. The van der Waals surface area contributed by atoms with E-state index in [1.165, 1.54) is 11.3 Å². The number of rotatable bonds is 4. The quantitative estimate of drug-likeness (QED) is 0.769. The highest BCUT2D eigenvalue weighted by Crippen LogP contribution is 2.22. The molecule has 3 aromatic heterocycles. The van der Waals surface area contributed by atoms with Crippen LogP contribution in [0.15, 0.2) is 30.6 Å². The Morgan fingerprint density at radius 3 is 2.74 bits per heavy atom. The SMILES string of the molecule is Cc1ccc(Nc2ccnn2C)c(C(=O)Nc2ncc(C)s2)n1. The number of nitrogens with one attached hydrogen (secondary N) is 2. The van der Waals surface area contributed by atoms with E-state index in [1.807, 2.05) is 39.1 Å². The number of carbonyl (C=O) groups excluding carboxylic acids is 1. The number of pyridine rings is 1. The molecule has 0 radical (unpaired) electrons. The Morgan fingerprint density at radius 2 is 2.09 bits per heavy atom. The van der Waals surface area contributed by atoms with Gasteiger partial charge >= 0.3 is 0 Å². The lowest BCUT2D eigenvalue weighted by Crippen LogP contribution is -2.16. The molecule has 3 heterocycles. The number of nitrogens with zero attached hydrogens (tertiary/aromatic N) is 4. The number of hydrogen-bond acceptors (Lipinski definition) is 6. The Balaban J connectivity index is 1.89. The minimum atomic E-state index is -0.298. The summed E-state index contributed by atoms with van der Waals surface area (Å²) in [5.74, 6) is 0.475. The van der Waals surface area contributed by atoms with Crippen LogP contribution in [-0.4, -0.2) is 25.7 Å². The lowest BCUT2D eigenvalue weighted by Gasteiger charge is -2.11. The molecule has 0 aromatic carbocycles. The van der Waals surface area contributed by atoms with Crippen LogP contribution in [0.1, 0.15) is 21.1 Å². The first kappa shape index (κ1) is 15.2. The molecule has 0 aliphatic rings. The van der Waals surface area contributed by atoms with E-state index in [1.54, 1.807) is 17.1 Å². The number of amides is 1. The van der Waals surface area contributed by atoms with Gasteiger partial charge in [-0.25, -0.2) is 9.97 Å². The van der Waals surface area contributed by atoms with E-state index >= 15 is 0 Å². The van der Waals surface area contributed by atoms with Gasteiger partial charge in [0.2, 0.25) is 0 Å². The van der Waals surface area contributed by atoms with Gasteiger partial charge in [0.25, 0.3) is 5.91 Å². The molecule has 23 heavy (non-hydrogen) atoms. The molecule has 118 valence electrons. The molecule has 2 N–H and O–H groups in total. The van der Waals surface area contributed by atoms with Gasteiger partial charge in [-0.15, -0.1) is 11.3 Å². The molecule has 0 spiro atoms. The number of carbonyl (C=O) groups is 1. The molecule has 0 saturated heterocycles. The Hall–Kier alpha value is -2.74. The highest BCUT2D eigenvalue weighted by molar-refractivity contribution is 7.15. The van der Waals surface area contributed by atoms with Gasteiger partial charge in [0, 0.05) is 29.9 Å². The predicted molar refractivity (Wildman–Crippen MR) is 90.3 cm³/mol. The molecule has 0 aliphatic carbocycles. The molecule has 7 nitrogen and oxygen atoms in total. The predicted octanol–water partition coefficient (Wildman–Crippen LogP) is 2.88. The molecule has 3 aromatic rings. The van der Waals surface area contributed by atoms with Crippen LogP contribution >= 0.6 is 11.3 Å². The Kier molecular flexibility index (Phi) is 4.07. The standard InChI is InChI=1S/C15H16N6OS/c1-9-4-5-11(19-12-6-7-17-21(12)3)13(18-9)14(22)20-15-16-8-10(2)23-15/h4-8,19H,1-3H3,(H,16,20,22). The summed E-state index contributed by atoms with van der Waals surface area (Å²) in [5, 5.41) is 10.6. The number of aryl methyl sites for hydroxylation is 3. The van der Waals surface area contributed by atoms with Gasteiger partial charge in [0.05, 0.1) is 11.9 Å². The summed E-state index contributed by atoms with van der Waals surface area (Å²) in [6, 6.07) is 5.51. The first-order valence-corrected chi connectivity index (χ1v) is 7.81. The fourth-order valence-electron chi connectivity index (χ4n) is 2.03. The third-order valence-corrected chi connectivity index (χ3v) is 4.00. The van der Waals surface area contributed by atoms with Gasteiger partial charge < -0.3 is 5.32 Å². The molecule has 1 amide bonds. The molecule has 0 saturated carbocycles. The smallest absolute Gasteiger partial charge is 0.278 e. The summed E-state index contributed by atoms with van der Waals surface area (Å²) >= 11 is 1.42. The van der Waals surface area contributed by atoms with Gasteiger partial charge in [0.1, 0.15) is 5.82 Å². The molecule has 0 aliphatic heterocycles. The average molecular weight is 328 g/mol. The molecular weight excluding hydrogens is 312 g/mol. The highest BCUT2D eigenvalue weighted by Gasteiger charge is 2.16. The third-order valence-electron chi connectivity index (χ3n) is 3.17. The van der Waals surface area contributed by atoms with Crippen molar-refractivity contribution in [2.24, 2.45) is 7.05 Å². The number of aromatic nitrogens is 4. The van der Waals surface area contributed by atoms with Crippen LogP contribution in [-0.2, 0) is 7.05 Å². The monoisotopic (exact) mass is 328 g/mol. The van der Waals surface area contributed by atoms with Crippen molar-refractivity contribution in [1.82, 2.24) is 19.7 Å². The van der Waals surface area contributed by atoms with E-state index in [0.717, 1.165) is 16.4 Å². The van der Waals surface area contributed by atoms with Crippen LogP contribution in [0.3, 0.4) is 0 Å². The second-order valence-electron chi connectivity index (χ2n) is 5.04. The van der Waals surface area contributed by atoms with Crippen molar-refractivity contribution in [2.45, 2.75) is 13.8 Å². The Morgan fingerprint density at radius 1 is 1.26 bits per heavy atom. The zero-order chi connectivity index (χ0) is 16.4. The minimum absolute atomic E-state index is 0.298. The maximum atomic E-state index is 12.5. The lowest BCUT2D eigenvalue weighted by atomic mass is 10.2. The molecule has 3 rings (SSSR count). The van der Waals surface area contributed by atoms with Crippen LogP contribution < -0.4 is 10.6 Å². The second kappa shape index (κ2) is 6.17. The fourth-order valence-corrected chi connectivity index (χ4v) is 2.69. The number of thiazole rings is 1. The highest BCUT2D eigenvalue weighted by atomic mass is 32.1. The maximum Gasteiger partial charge on any atom is 0.278 e. The fraction of sp³-hybridized carbons (Fsp3) is 0.200. The zero-order valence-electron chi connectivity index (χ0n) is 13.0. The number of anilines is 3. The van der Waals surface area contributed by atoms with Gasteiger partial charge in [-0.1, -0.05) is 0 Å². The van der Waals surface area contributed by atoms with Crippen LogP contribution in [0.2, 0.25) is 0 Å². The molecule has 0 bridgehead atoms. The summed E-state index contributed by atoms with van der Waals surface area (Å²) in [4.78, 5) is 22.1. The summed E-state index contributed by atoms with van der Waals surface area (Å²) in [7, 11) is 1.82. The molecular formula is C15H16N6OS. The van der Waals surface area contributed by atoms with Crippen molar-refractivity contribution in [2.75, 3.05) is 10.6 Å².